The summed E-state index contributed by atoms with van der Waals surface area (Å²) in [6.07, 6.45) is 5.41. The van der Waals surface area contributed by atoms with Gasteiger partial charge in [0.15, 0.2) is 0 Å². The maximum absolute atomic E-state index is 11.2. The third-order valence-corrected chi connectivity index (χ3v) is 4.18. The van der Waals surface area contributed by atoms with Crippen molar-refractivity contribution in [3.63, 3.8) is 0 Å². The highest BCUT2D eigenvalue weighted by Crippen LogP contribution is 2.36. The lowest BCUT2D eigenvalue weighted by atomic mass is 10.1. The van der Waals surface area contributed by atoms with E-state index in [-0.39, 0.29) is 16.7 Å². The second kappa shape index (κ2) is 5.65. The van der Waals surface area contributed by atoms with Gasteiger partial charge in [0.1, 0.15) is 0 Å². The minimum Gasteiger partial charge on any atom is -0.375 e. The molecule has 7 heteroatoms. The minimum atomic E-state index is -0.377. The molecule has 2 fully saturated rings. The van der Waals surface area contributed by atoms with Crippen LogP contribution >= 0.6 is 15.9 Å². The number of halogens is 1. The summed E-state index contributed by atoms with van der Waals surface area (Å²) >= 11 is 3.23. The average Bonchev–Trinajstić information content (AvgIpc) is 3.23. The highest BCUT2D eigenvalue weighted by molar-refractivity contribution is 9.10. The summed E-state index contributed by atoms with van der Waals surface area (Å²) in [5.74, 6) is 1.23. The lowest BCUT2D eigenvalue weighted by molar-refractivity contribution is -0.384. The van der Waals surface area contributed by atoms with E-state index in [1.165, 1.54) is 18.9 Å². The number of anilines is 1. The molecule has 0 N–H and O–H groups in total. The van der Waals surface area contributed by atoms with E-state index in [1.807, 2.05) is 4.90 Å². The van der Waals surface area contributed by atoms with Gasteiger partial charge >= 0.3 is 5.69 Å². The van der Waals surface area contributed by atoms with Crippen LogP contribution in [0.15, 0.2) is 16.7 Å². The Morgan fingerprint density at radius 3 is 3.05 bits per heavy atom. The van der Waals surface area contributed by atoms with Crippen molar-refractivity contribution in [1.82, 2.24) is 4.98 Å². The zero-order valence-corrected chi connectivity index (χ0v) is 12.6. The van der Waals surface area contributed by atoms with Crippen molar-refractivity contribution < 1.29 is 9.66 Å². The fraction of sp³-hybridized carbons (Fsp3) is 0.615. The lowest BCUT2D eigenvalue weighted by Gasteiger charge is -2.33. The molecule has 2 heterocycles. The molecular formula is C13H16BrN3O3. The minimum absolute atomic E-state index is 0.0476. The molecular weight excluding hydrogens is 326 g/mol. The third-order valence-electron chi connectivity index (χ3n) is 3.74. The van der Waals surface area contributed by atoms with Crippen molar-refractivity contribution in [2.75, 3.05) is 24.6 Å². The van der Waals surface area contributed by atoms with Crippen LogP contribution in [0.2, 0.25) is 0 Å². The maximum Gasteiger partial charge on any atom is 0.312 e. The molecule has 1 aromatic rings. The molecule has 0 amide bonds. The molecule has 20 heavy (non-hydrogen) atoms. The number of rotatable bonds is 4. The molecule has 1 saturated carbocycles. The average molecular weight is 342 g/mol. The fourth-order valence-corrected chi connectivity index (χ4v) is 2.90. The van der Waals surface area contributed by atoms with Gasteiger partial charge in [-0.05, 0) is 28.3 Å². The number of hydrogen-bond donors (Lipinski definition) is 0. The van der Waals surface area contributed by atoms with Gasteiger partial charge in [0.2, 0.25) is 5.82 Å². The normalized spacial score (nSPS) is 22.9. The van der Waals surface area contributed by atoms with Crippen LogP contribution in [0.4, 0.5) is 11.5 Å². The Morgan fingerprint density at radius 1 is 1.55 bits per heavy atom. The van der Waals surface area contributed by atoms with Crippen molar-refractivity contribution in [3.8, 4) is 0 Å². The highest BCUT2D eigenvalue weighted by atomic mass is 79.9. The standard InChI is InChI=1S/C13H16BrN3O3/c14-10-6-12(17(18)19)13(15-7-10)16-3-4-20-11(8-16)5-9-1-2-9/h6-7,9,11H,1-5,8H2. The molecule has 108 valence electrons. The first kappa shape index (κ1) is 13.8. The molecule has 3 rings (SSSR count). The zero-order chi connectivity index (χ0) is 14.1. The second-order valence-corrected chi connectivity index (χ2v) is 6.29. The van der Waals surface area contributed by atoms with Gasteiger partial charge in [0, 0.05) is 29.8 Å². The molecule has 2 aliphatic rings. The van der Waals surface area contributed by atoms with E-state index < -0.39 is 0 Å². The van der Waals surface area contributed by atoms with Crippen LogP contribution in [0.3, 0.4) is 0 Å². The van der Waals surface area contributed by atoms with Gasteiger partial charge in [0.25, 0.3) is 0 Å². The van der Waals surface area contributed by atoms with E-state index in [4.69, 9.17) is 4.74 Å². The number of nitro groups is 1. The van der Waals surface area contributed by atoms with Gasteiger partial charge in [-0.25, -0.2) is 4.98 Å². The Bertz CT molecular complexity index is 522. The summed E-state index contributed by atoms with van der Waals surface area (Å²) in [5, 5.41) is 11.2. The summed E-state index contributed by atoms with van der Waals surface area (Å²) < 4.78 is 6.38. The summed E-state index contributed by atoms with van der Waals surface area (Å²) in [4.78, 5) is 17.0. The molecule has 1 unspecified atom stereocenters. The molecule has 1 atom stereocenters. The van der Waals surface area contributed by atoms with Gasteiger partial charge < -0.3 is 9.64 Å². The van der Waals surface area contributed by atoms with E-state index in [1.54, 1.807) is 6.20 Å². The number of pyridine rings is 1. The molecule has 0 aromatic carbocycles. The Kier molecular flexibility index (Phi) is 3.89. The predicted octanol–water partition coefficient (Wildman–Crippen LogP) is 2.76. The SMILES string of the molecule is O=[N+]([O-])c1cc(Br)cnc1N1CCOC(CC2CC2)C1. The molecule has 1 aliphatic heterocycles. The van der Waals surface area contributed by atoms with Crippen LogP contribution in [0.25, 0.3) is 0 Å². The number of morpholine rings is 1. The Balaban J connectivity index is 1.78. The predicted molar refractivity (Wildman–Crippen MR) is 77.9 cm³/mol. The van der Waals surface area contributed by atoms with Crippen molar-refractivity contribution >= 4 is 27.4 Å². The first-order valence-corrected chi connectivity index (χ1v) is 7.59. The summed E-state index contributed by atoms with van der Waals surface area (Å²) in [6.45, 7) is 1.94. The number of nitrogens with zero attached hydrogens (tertiary/aromatic N) is 3. The van der Waals surface area contributed by atoms with Gasteiger partial charge in [-0.1, -0.05) is 12.8 Å². The monoisotopic (exact) mass is 341 g/mol. The van der Waals surface area contributed by atoms with Crippen LogP contribution in [-0.2, 0) is 4.74 Å². The summed E-state index contributed by atoms with van der Waals surface area (Å²) in [6, 6.07) is 1.51. The van der Waals surface area contributed by atoms with Crippen LogP contribution in [0.5, 0.6) is 0 Å². The lowest BCUT2D eigenvalue weighted by Crippen LogP contribution is -2.43. The topological polar surface area (TPSA) is 68.5 Å². The first-order valence-electron chi connectivity index (χ1n) is 6.80. The molecule has 0 spiro atoms. The molecule has 1 aliphatic carbocycles. The van der Waals surface area contributed by atoms with Crippen molar-refractivity contribution in [2.24, 2.45) is 5.92 Å². The molecule has 0 radical (unpaired) electrons. The van der Waals surface area contributed by atoms with E-state index in [2.05, 4.69) is 20.9 Å². The first-order chi connectivity index (χ1) is 9.63. The van der Waals surface area contributed by atoms with Gasteiger partial charge in [0.05, 0.1) is 17.6 Å². The van der Waals surface area contributed by atoms with Crippen LogP contribution in [0.1, 0.15) is 19.3 Å². The second-order valence-electron chi connectivity index (χ2n) is 5.37. The summed E-state index contributed by atoms with van der Waals surface area (Å²) in [5.41, 5.74) is 0.0476. The number of aromatic nitrogens is 1. The van der Waals surface area contributed by atoms with E-state index in [0.717, 1.165) is 12.3 Å². The third kappa shape index (κ3) is 3.09. The van der Waals surface area contributed by atoms with Crippen molar-refractivity contribution in [1.29, 1.82) is 0 Å². The Morgan fingerprint density at radius 2 is 2.35 bits per heavy atom. The van der Waals surface area contributed by atoms with Crippen LogP contribution in [-0.4, -0.2) is 35.7 Å². The largest absolute Gasteiger partial charge is 0.375 e. The molecule has 0 bridgehead atoms. The quantitative estimate of drug-likeness (QED) is 0.622. The fourth-order valence-electron chi connectivity index (χ4n) is 2.58. The number of ether oxygens (including phenoxy) is 1. The molecule has 6 nitrogen and oxygen atoms in total. The van der Waals surface area contributed by atoms with E-state index in [9.17, 15) is 10.1 Å². The van der Waals surface area contributed by atoms with Crippen LogP contribution in [0, 0.1) is 16.0 Å². The van der Waals surface area contributed by atoms with Crippen molar-refractivity contribution in [3.05, 3.63) is 26.9 Å². The summed E-state index contributed by atoms with van der Waals surface area (Å²) in [7, 11) is 0. The van der Waals surface area contributed by atoms with Crippen molar-refractivity contribution in [2.45, 2.75) is 25.4 Å². The highest BCUT2D eigenvalue weighted by Gasteiger charge is 2.31. The molecule has 1 saturated heterocycles. The Labute approximate surface area is 125 Å². The Hall–Kier alpha value is -1.21. The van der Waals surface area contributed by atoms with Crippen LogP contribution < -0.4 is 4.90 Å². The van der Waals surface area contributed by atoms with Gasteiger partial charge in [-0.2, -0.15) is 0 Å². The van der Waals surface area contributed by atoms with Gasteiger partial charge in [-0.15, -0.1) is 0 Å². The number of hydrogen-bond acceptors (Lipinski definition) is 5. The smallest absolute Gasteiger partial charge is 0.312 e. The van der Waals surface area contributed by atoms with Gasteiger partial charge in [-0.3, -0.25) is 10.1 Å². The van der Waals surface area contributed by atoms with E-state index in [0.29, 0.717) is 30.0 Å². The maximum atomic E-state index is 11.2. The van der Waals surface area contributed by atoms with E-state index >= 15 is 0 Å². The zero-order valence-electron chi connectivity index (χ0n) is 11.0. The molecule has 1 aromatic heterocycles.